The summed E-state index contributed by atoms with van der Waals surface area (Å²) in [4.78, 5) is 0. The molecule has 0 aliphatic carbocycles. The van der Waals surface area contributed by atoms with Gasteiger partial charge in [0.2, 0.25) is 0 Å². The molecule has 0 saturated carbocycles. The van der Waals surface area contributed by atoms with Crippen LogP contribution >= 0.6 is 0 Å². The van der Waals surface area contributed by atoms with E-state index in [9.17, 15) is 5.11 Å². The summed E-state index contributed by atoms with van der Waals surface area (Å²) in [6, 6.07) is 8.22. The van der Waals surface area contributed by atoms with Gasteiger partial charge in [0.05, 0.1) is 12.7 Å². The highest BCUT2D eigenvalue weighted by molar-refractivity contribution is 5.25. The van der Waals surface area contributed by atoms with Gasteiger partial charge >= 0.3 is 0 Å². The molecule has 1 aromatic rings. The maximum absolute atomic E-state index is 9.38. The first kappa shape index (κ1) is 13.2. The summed E-state index contributed by atoms with van der Waals surface area (Å²) >= 11 is 0. The van der Waals surface area contributed by atoms with Crippen LogP contribution < -0.4 is 5.73 Å². The molecule has 1 rings (SSSR count). The van der Waals surface area contributed by atoms with Crippen LogP contribution in [-0.4, -0.2) is 24.9 Å². The summed E-state index contributed by atoms with van der Waals surface area (Å²) in [5.74, 6) is 0.233. The van der Waals surface area contributed by atoms with E-state index in [4.69, 9.17) is 10.5 Å². The summed E-state index contributed by atoms with van der Waals surface area (Å²) in [6.07, 6.45) is 0.396. The van der Waals surface area contributed by atoms with Gasteiger partial charge < -0.3 is 15.6 Å². The normalized spacial score (nSPS) is 14.8. The highest BCUT2D eigenvalue weighted by Gasteiger charge is 2.12. The first-order chi connectivity index (χ1) is 7.67. The molecule has 3 nitrogen and oxygen atoms in total. The Labute approximate surface area is 97.2 Å². The molecular formula is C13H21NO2. The highest BCUT2D eigenvalue weighted by atomic mass is 16.5. The first-order valence-corrected chi connectivity index (χ1v) is 5.63. The minimum atomic E-state index is -0.313. The minimum absolute atomic E-state index is 0.233. The molecule has 0 aliphatic rings. The number of ether oxygens (including phenoxy) is 1. The zero-order chi connectivity index (χ0) is 12.0. The van der Waals surface area contributed by atoms with Crippen molar-refractivity contribution in [2.45, 2.75) is 32.0 Å². The van der Waals surface area contributed by atoms with Crippen molar-refractivity contribution in [3.63, 3.8) is 0 Å². The third kappa shape index (κ3) is 3.93. The predicted molar refractivity (Wildman–Crippen MR) is 65.2 cm³/mol. The molecule has 0 radical (unpaired) electrons. The van der Waals surface area contributed by atoms with Crippen LogP contribution in [-0.2, 0) is 11.3 Å². The van der Waals surface area contributed by atoms with E-state index in [1.165, 1.54) is 5.56 Å². The Morgan fingerprint density at radius 2 is 1.94 bits per heavy atom. The summed E-state index contributed by atoms with van der Waals surface area (Å²) in [6.45, 7) is 2.99. The first-order valence-electron chi connectivity index (χ1n) is 5.63. The fourth-order valence-corrected chi connectivity index (χ4v) is 1.83. The van der Waals surface area contributed by atoms with Gasteiger partial charge in [-0.05, 0) is 36.9 Å². The minimum Gasteiger partial charge on any atom is -0.393 e. The number of rotatable bonds is 6. The molecule has 0 aromatic heterocycles. The van der Waals surface area contributed by atoms with Crippen LogP contribution in [0.25, 0.3) is 0 Å². The molecule has 0 amide bonds. The van der Waals surface area contributed by atoms with Crippen molar-refractivity contribution in [3.8, 4) is 0 Å². The van der Waals surface area contributed by atoms with E-state index >= 15 is 0 Å². The highest BCUT2D eigenvalue weighted by Crippen LogP contribution is 2.20. The summed E-state index contributed by atoms with van der Waals surface area (Å²) in [5.41, 5.74) is 8.05. The van der Waals surface area contributed by atoms with Crippen molar-refractivity contribution in [3.05, 3.63) is 35.4 Å². The van der Waals surface area contributed by atoms with Crippen LogP contribution in [0.2, 0.25) is 0 Å². The van der Waals surface area contributed by atoms with Gasteiger partial charge in [-0.1, -0.05) is 24.3 Å². The zero-order valence-corrected chi connectivity index (χ0v) is 10.0. The van der Waals surface area contributed by atoms with E-state index < -0.39 is 0 Å². The Bertz CT molecular complexity index is 295. The van der Waals surface area contributed by atoms with E-state index in [0.717, 1.165) is 5.56 Å². The smallest absolute Gasteiger partial charge is 0.0713 e. The van der Waals surface area contributed by atoms with Crippen LogP contribution in [0, 0.1) is 0 Å². The molecule has 0 saturated heterocycles. The van der Waals surface area contributed by atoms with Gasteiger partial charge in [-0.3, -0.25) is 0 Å². The Morgan fingerprint density at radius 1 is 1.31 bits per heavy atom. The molecule has 0 aliphatic heterocycles. The lowest BCUT2D eigenvalue weighted by molar-refractivity contribution is 0.175. The van der Waals surface area contributed by atoms with Gasteiger partial charge in [-0.25, -0.2) is 0 Å². The Balaban J connectivity index is 2.70. The van der Waals surface area contributed by atoms with Gasteiger partial charge in [-0.2, -0.15) is 0 Å². The van der Waals surface area contributed by atoms with E-state index in [0.29, 0.717) is 19.6 Å². The molecule has 0 spiro atoms. The predicted octanol–water partition coefficient (Wildman–Crippen LogP) is 1.65. The van der Waals surface area contributed by atoms with Gasteiger partial charge in [0, 0.05) is 7.11 Å². The number of hydrogen-bond acceptors (Lipinski definition) is 3. The largest absolute Gasteiger partial charge is 0.393 e. The second-order valence-corrected chi connectivity index (χ2v) is 4.19. The van der Waals surface area contributed by atoms with E-state index in [2.05, 4.69) is 12.1 Å². The molecule has 1 aromatic carbocycles. The number of hydrogen-bond donors (Lipinski definition) is 2. The van der Waals surface area contributed by atoms with Crippen molar-refractivity contribution >= 4 is 0 Å². The lowest BCUT2D eigenvalue weighted by Gasteiger charge is -2.17. The Morgan fingerprint density at radius 3 is 2.38 bits per heavy atom. The van der Waals surface area contributed by atoms with Crippen molar-refractivity contribution < 1.29 is 9.84 Å². The second kappa shape index (κ2) is 6.63. The summed E-state index contributed by atoms with van der Waals surface area (Å²) < 4.78 is 5.05. The van der Waals surface area contributed by atoms with Crippen molar-refractivity contribution in [1.82, 2.24) is 0 Å². The fourth-order valence-electron chi connectivity index (χ4n) is 1.83. The molecule has 3 heteroatoms. The summed E-state index contributed by atoms with van der Waals surface area (Å²) in [7, 11) is 1.68. The average Bonchev–Trinajstić information content (AvgIpc) is 2.27. The Hall–Kier alpha value is -0.900. The van der Waals surface area contributed by atoms with Gasteiger partial charge in [0.25, 0.3) is 0 Å². The van der Waals surface area contributed by atoms with Crippen LogP contribution in [0.3, 0.4) is 0 Å². The van der Waals surface area contributed by atoms with E-state index in [1.54, 1.807) is 14.0 Å². The molecule has 0 bridgehead atoms. The number of nitrogens with two attached hydrogens (primary N) is 1. The SMILES string of the molecule is COCc1ccc(C(CN)CC(C)O)cc1. The van der Waals surface area contributed by atoms with Crippen LogP contribution in [0.4, 0.5) is 0 Å². The third-order valence-corrected chi connectivity index (χ3v) is 2.67. The maximum Gasteiger partial charge on any atom is 0.0713 e. The molecular weight excluding hydrogens is 202 g/mol. The standard InChI is InChI=1S/C13H21NO2/c1-10(15)7-13(8-14)12-5-3-11(4-6-12)9-16-2/h3-6,10,13,15H,7-9,14H2,1-2H3. The van der Waals surface area contributed by atoms with Gasteiger partial charge in [-0.15, -0.1) is 0 Å². The third-order valence-electron chi connectivity index (χ3n) is 2.67. The van der Waals surface area contributed by atoms with Gasteiger partial charge in [0.15, 0.2) is 0 Å². The van der Waals surface area contributed by atoms with Gasteiger partial charge in [0.1, 0.15) is 0 Å². The van der Waals surface area contributed by atoms with E-state index in [1.807, 2.05) is 12.1 Å². The summed E-state index contributed by atoms with van der Waals surface area (Å²) in [5, 5.41) is 9.38. The number of aliphatic hydroxyl groups excluding tert-OH is 1. The topological polar surface area (TPSA) is 55.5 Å². The van der Waals surface area contributed by atoms with Crippen molar-refractivity contribution in [1.29, 1.82) is 0 Å². The van der Waals surface area contributed by atoms with Crippen molar-refractivity contribution in [2.75, 3.05) is 13.7 Å². The molecule has 0 heterocycles. The second-order valence-electron chi connectivity index (χ2n) is 4.19. The average molecular weight is 223 g/mol. The maximum atomic E-state index is 9.38. The molecule has 16 heavy (non-hydrogen) atoms. The molecule has 90 valence electrons. The fraction of sp³-hybridized carbons (Fsp3) is 0.538. The quantitative estimate of drug-likeness (QED) is 0.771. The van der Waals surface area contributed by atoms with Crippen molar-refractivity contribution in [2.24, 2.45) is 5.73 Å². The molecule has 2 atom stereocenters. The molecule has 3 N–H and O–H groups in total. The zero-order valence-electron chi connectivity index (χ0n) is 10.0. The lowest BCUT2D eigenvalue weighted by atomic mass is 9.93. The van der Waals surface area contributed by atoms with Crippen LogP contribution in [0.15, 0.2) is 24.3 Å². The molecule has 2 unspecified atom stereocenters. The van der Waals surface area contributed by atoms with E-state index in [-0.39, 0.29) is 12.0 Å². The lowest BCUT2D eigenvalue weighted by Crippen LogP contribution is -2.17. The number of benzene rings is 1. The van der Waals surface area contributed by atoms with Crippen LogP contribution in [0.1, 0.15) is 30.4 Å². The monoisotopic (exact) mass is 223 g/mol. The molecule has 0 fully saturated rings. The number of methoxy groups -OCH3 is 1. The number of aliphatic hydroxyl groups is 1. The van der Waals surface area contributed by atoms with Crippen LogP contribution in [0.5, 0.6) is 0 Å². The Kier molecular flexibility index (Phi) is 5.46.